The van der Waals surface area contributed by atoms with Crippen LogP contribution in [0.3, 0.4) is 0 Å². The summed E-state index contributed by atoms with van der Waals surface area (Å²) in [4.78, 5) is 96.4. The van der Waals surface area contributed by atoms with E-state index in [2.05, 4.69) is 35.2 Å². The van der Waals surface area contributed by atoms with Gasteiger partial charge in [-0.15, -0.1) is 0 Å². The summed E-state index contributed by atoms with van der Waals surface area (Å²) in [6.07, 6.45) is -3.68. The summed E-state index contributed by atoms with van der Waals surface area (Å²) in [5.74, 6) is -9.10. The fourth-order valence-corrected chi connectivity index (χ4v) is 10.3. The molecule has 0 aliphatic heterocycles. The van der Waals surface area contributed by atoms with Crippen molar-refractivity contribution in [2.45, 2.75) is 90.5 Å². The monoisotopic (exact) mass is 1420 g/mol. The number of hydrogen-bond acceptors (Lipinski definition) is 19. The fourth-order valence-electron chi connectivity index (χ4n) is 9.78. The van der Waals surface area contributed by atoms with Crippen molar-refractivity contribution in [1.29, 1.82) is 0 Å². The molecule has 8 rings (SSSR count). The number of aliphatic carboxylic acids is 1. The molecule has 0 spiro atoms. The Labute approximate surface area is 583 Å². The van der Waals surface area contributed by atoms with E-state index in [9.17, 15) is 57.4 Å². The number of halogens is 5. The first-order chi connectivity index (χ1) is 47.3. The smallest absolute Gasteiger partial charge is 0.337 e. The summed E-state index contributed by atoms with van der Waals surface area (Å²) < 4.78 is 62.3. The summed E-state index contributed by atoms with van der Waals surface area (Å²) in [6, 6.07) is 42.3. The van der Waals surface area contributed by atoms with Gasteiger partial charge in [0.1, 0.15) is 23.0 Å². The Morgan fingerprint density at radius 3 is 1.27 bits per heavy atom. The van der Waals surface area contributed by atoms with E-state index in [1.54, 1.807) is 38.1 Å². The molecule has 0 fully saturated rings. The molecule has 5 N–H and O–H groups in total. The van der Waals surface area contributed by atoms with Crippen LogP contribution in [0.15, 0.2) is 167 Å². The number of nitrogens with zero attached hydrogens (tertiary/aromatic N) is 2. The van der Waals surface area contributed by atoms with Gasteiger partial charge in [0.05, 0.1) is 38.9 Å². The van der Waals surface area contributed by atoms with Crippen LogP contribution in [0.5, 0.6) is 0 Å². The highest BCUT2D eigenvalue weighted by Crippen LogP contribution is 2.29. The van der Waals surface area contributed by atoms with Gasteiger partial charge >= 0.3 is 35.8 Å². The lowest BCUT2D eigenvalue weighted by Crippen LogP contribution is -2.41. The fraction of sp³-hybridized carbons (Fsp3) is 0.306. The van der Waals surface area contributed by atoms with Gasteiger partial charge in [-0.3, -0.25) is 28.8 Å². The lowest BCUT2D eigenvalue weighted by molar-refractivity contribution is -0.178. The van der Waals surface area contributed by atoms with Crippen LogP contribution >= 0.6 is 34.8 Å². The number of nitrogens with one attached hydrogen (secondary N) is 2. The van der Waals surface area contributed by atoms with E-state index in [4.69, 9.17) is 58.4 Å². The number of methoxy groups -OCH3 is 2. The van der Waals surface area contributed by atoms with Gasteiger partial charge in [0.25, 0.3) is 11.8 Å². The molecule has 2 amide bonds. The van der Waals surface area contributed by atoms with Gasteiger partial charge < -0.3 is 58.7 Å². The Kier molecular flexibility index (Phi) is 30.7. The maximum absolute atomic E-state index is 14.3. The molecule has 2 aromatic heterocycles. The van der Waals surface area contributed by atoms with E-state index in [1.165, 1.54) is 62.8 Å². The molecule has 0 unspecified atom stereocenters. The third-order valence-electron chi connectivity index (χ3n) is 15.2. The number of aliphatic hydroxyl groups is 2. The number of rotatable bonds is 29. The number of carboxylic acids is 1. The Bertz CT molecular complexity index is 4020. The Morgan fingerprint density at radius 1 is 0.505 bits per heavy atom. The quantitative estimate of drug-likeness (QED) is 0.0126. The number of carbonyl (C=O) groups is 8. The van der Waals surface area contributed by atoms with Crippen molar-refractivity contribution in [2.75, 3.05) is 27.1 Å². The summed E-state index contributed by atoms with van der Waals surface area (Å²) in [5.41, 5.74) is 5.85. The van der Waals surface area contributed by atoms with E-state index >= 15 is 0 Å². The molecule has 22 nitrogen and oxygen atoms in total. The maximum atomic E-state index is 14.3. The third-order valence-corrected chi connectivity index (χ3v) is 15.8. The van der Waals surface area contributed by atoms with Crippen molar-refractivity contribution in [2.24, 2.45) is 23.7 Å². The first kappa shape index (κ1) is 78.1. The number of alkyl halides is 1. The van der Waals surface area contributed by atoms with E-state index in [1.807, 2.05) is 98.8 Å². The highest BCUT2D eigenvalue weighted by Gasteiger charge is 2.31. The van der Waals surface area contributed by atoms with Gasteiger partial charge in [-0.05, 0) is 107 Å². The van der Waals surface area contributed by atoms with E-state index in [0.29, 0.717) is 10.0 Å². The van der Waals surface area contributed by atoms with Crippen LogP contribution in [0.2, 0.25) is 10.0 Å². The Hall–Kier alpha value is -9.85. The first-order valence-electron chi connectivity index (χ1n) is 30.8. The number of carboxylic acid groups (broad SMARTS) is 1. The second-order valence-electron chi connectivity index (χ2n) is 23.0. The molecule has 0 bridgehead atoms. The Morgan fingerprint density at radius 2 is 0.899 bits per heavy atom. The number of carbonyl (C=O) groups excluding carboxylic acids is 7. The molecule has 8 aromatic rings. The summed E-state index contributed by atoms with van der Waals surface area (Å²) >= 11 is 17.5. The molecular weight excluding hydrogens is 1350 g/mol. The SMILES string of the molecule is COC(=O)C[C@H](C(=O)OCCl)C(C)C.COC(=O)C[C@H](C(=O)OCOC(=O)[C@H](O)C[C@@H](Cc1ccc(-c2cccc(Cl)c2)cc1)NC(=O)c1cc(-c2ccccc2F)no1)C(C)C.O=C(N[C@H](Cc1ccc(-c2cccc(Cl)c2)cc1)C[C@@H](O)C(=O)O)c1cc(-c2ccccc2F)no1. The standard InChI is InChI=1S/C36H36ClFN2O9.C27H22ClFN2O5.C9H15ClO4/c1-21(2)28(18-33(42)46-3)35(44)47-20-48-36(45)31(41)17-26(15-22-11-13-23(14-12-22)24-7-6-8-25(37)16-24)39-34(43)32-19-30(40-49-32)27-9-4-5-10-29(27)38;28-19-5-3-4-18(13-19)17-10-8-16(9-11-17)12-20(14-24(32)27(34)35)30-26(33)25-15-23(31-36-25)21-6-1-2-7-22(21)29;1-6(2)7(4-8(11)13-3)9(12)14-5-10/h4-14,16,19,21,26,28,31,41H,15,17-18,20H2,1-3H3,(H,39,43);1-11,13,15,20,24,32H,12,14H2,(H,30,33)(H,34,35);6-7H,4-5H2,1-3H3/t26-,28+,31-;20-,24-;7-/m110/s1. The average Bonchev–Trinajstić information content (AvgIpc) is 1.18. The molecule has 0 saturated carbocycles. The van der Waals surface area contributed by atoms with Crippen molar-refractivity contribution in [3.05, 3.63) is 202 Å². The molecule has 0 saturated heterocycles. The van der Waals surface area contributed by atoms with Crippen molar-refractivity contribution in [1.82, 2.24) is 20.9 Å². The number of aliphatic hydroxyl groups excluding tert-OH is 2. The van der Waals surface area contributed by atoms with Crippen LogP contribution in [-0.2, 0) is 65.3 Å². The van der Waals surface area contributed by atoms with Crippen molar-refractivity contribution in [3.63, 3.8) is 0 Å². The van der Waals surface area contributed by atoms with Gasteiger partial charge in [0.2, 0.25) is 18.3 Å². The number of aromatic nitrogens is 2. The third kappa shape index (κ3) is 24.6. The zero-order valence-electron chi connectivity index (χ0n) is 54.5. The minimum Gasteiger partial charge on any atom is -0.479 e. The van der Waals surface area contributed by atoms with E-state index in [0.717, 1.165) is 33.4 Å². The highest BCUT2D eigenvalue weighted by atomic mass is 35.5. The van der Waals surface area contributed by atoms with E-state index in [-0.39, 0.29) is 90.5 Å². The number of benzene rings is 6. The van der Waals surface area contributed by atoms with Gasteiger partial charge in [0.15, 0.2) is 18.3 Å². The highest BCUT2D eigenvalue weighted by molar-refractivity contribution is 6.31. The minimum atomic E-state index is -1.73. The molecule has 6 aromatic carbocycles. The Balaban J connectivity index is 0.000000269. The van der Waals surface area contributed by atoms with Crippen molar-refractivity contribution in [3.8, 4) is 44.8 Å². The summed E-state index contributed by atoms with van der Waals surface area (Å²) in [7, 11) is 2.49. The molecule has 2 heterocycles. The normalized spacial score (nSPS) is 12.7. The van der Waals surface area contributed by atoms with Gasteiger partial charge in [-0.2, -0.15) is 0 Å². The molecule has 99 heavy (non-hydrogen) atoms. The zero-order valence-corrected chi connectivity index (χ0v) is 56.8. The summed E-state index contributed by atoms with van der Waals surface area (Å²) in [6.45, 7) is 6.33. The lowest BCUT2D eigenvalue weighted by atomic mass is 9.93. The van der Waals surface area contributed by atoms with Crippen LogP contribution in [0.1, 0.15) is 85.6 Å². The molecule has 0 aliphatic rings. The molecule has 6 atom stereocenters. The van der Waals surface area contributed by atoms with Crippen LogP contribution in [-0.4, -0.2) is 125 Å². The predicted octanol–water partition coefficient (Wildman–Crippen LogP) is 12.3. The molecule has 27 heteroatoms. The topological polar surface area (TPSA) is 320 Å². The molecule has 0 radical (unpaired) electrons. The molecule has 0 aliphatic carbocycles. The maximum Gasteiger partial charge on any atom is 0.337 e. The summed E-state index contributed by atoms with van der Waals surface area (Å²) in [5, 5.41) is 44.0. The van der Waals surface area contributed by atoms with Gasteiger partial charge in [-0.1, -0.05) is 170 Å². The predicted molar refractivity (Wildman–Crippen MR) is 360 cm³/mol. The zero-order chi connectivity index (χ0) is 72.3. The van der Waals surface area contributed by atoms with Crippen LogP contribution < -0.4 is 10.6 Å². The number of hydrogen-bond donors (Lipinski definition) is 5. The average molecular weight is 1430 g/mol. The van der Waals surface area contributed by atoms with E-state index < -0.39 is 102 Å². The second kappa shape index (κ2) is 38.9. The number of esters is 5. The first-order valence-corrected chi connectivity index (χ1v) is 32.1. The molecule has 524 valence electrons. The lowest BCUT2D eigenvalue weighted by Gasteiger charge is -2.21. The van der Waals surface area contributed by atoms with Gasteiger partial charge in [0, 0.05) is 58.2 Å². The largest absolute Gasteiger partial charge is 0.479 e. The minimum absolute atomic E-state index is 0.0183. The number of ether oxygens (including phenoxy) is 5. The van der Waals surface area contributed by atoms with Crippen molar-refractivity contribution < 1.29 is 95.2 Å². The number of amides is 2. The van der Waals surface area contributed by atoms with Crippen LogP contribution in [0, 0.1) is 35.3 Å². The van der Waals surface area contributed by atoms with Crippen LogP contribution in [0.4, 0.5) is 8.78 Å². The van der Waals surface area contributed by atoms with Gasteiger partial charge in [-0.25, -0.2) is 18.4 Å². The molecular formula is C72H73Cl3F2N4O18. The van der Waals surface area contributed by atoms with Crippen molar-refractivity contribution >= 4 is 82.4 Å². The second-order valence-corrected chi connectivity index (χ2v) is 24.1. The van der Waals surface area contributed by atoms with Crippen LogP contribution in [0.25, 0.3) is 44.8 Å².